The van der Waals surface area contributed by atoms with Crippen LogP contribution in [0.2, 0.25) is 0 Å². The lowest BCUT2D eigenvalue weighted by atomic mass is 9.85. The predicted molar refractivity (Wildman–Crippen MR) is 190 cm³/mol. The maximum absolute atomic E-state index is 6.97. The topological polar surface area (TPSA) is 36.9 Å². The highest BCUT2D eigenvalue weighted by molar-refractivity contribution is 7.80. The second-order valence-electron chi connectivity index (χ2n) is 15.1. The smallest absolute Gasteiger partial charge is 0.131 e. The van der Waals surface area contributed by atoms with Crippen LogP contribution in [-0.2, 0) is 20.3 Å². The molecule has 0 bridgehead atoms. The van der Waals surface area contributed by atoms with Crippen molar-refractivity contribution < 1.29 is 18.9 Å². The van der Waals surface area contributed by atoms with Crippen molar-refractivity contribution in [3.63, 3.8) is 0 Å². The number of ether oxygens (including phenoxy) is 4. The van der Waals surface area contributed by atoms with Crippen LogP contribution >= 0.6 is 7.92 Å². The van der Waals surface area contributed by atoms with E-state index >= 15 is 0 Å². The van der Waals surface area contributed by atoms with E-state index in [1.807, 2.05) is 0 Å². The maximum atomic E-state index is 6.97. The fourth-order valence-electron chi connectivity index (χ4n) is 6.47. The van der Waals surface area contributed by atoms with Gasteiger partial charge in [0.25, 0.3) is 0 Å². The minimum absolute atomic E-state index is 0.0952. The van der Waals surface area contributed by atoms with Gasteiger partial charge in [-0.3, -0.25) is 0 Å². The first-order valence-electron chi connectivity index (χ1n) is 17.1. The summed E-state index contributed by atoms with van der Waals surface area (Å²) >= 11 is 0. The molecule has 0 aromatic heterocycles. The summed E-state index contributed by atoms with van der Waals surface area (Å²) in [5.41, 5.74) is 4.81. The van der Waals surface area contributed by atoms with E-state index in [1.54, 1.807) is 0 Å². The van der Waals surface area contributed by atoms with Gasteiger partial charge in [0, 0.05) is 34.9 Å². The van der Waals surface area contributed by atoms with Crippen LogP contribution in [0, 0.1) is 13.8 Å². The first-order valence-corrected chi connectivity index (χ1v) is 18.4. The molecule has 2 saturated heterocycles. The van der Waals surface area contributed by atoms with Gasteiger partial charge in [0.15, 0.2) is 0 Å². The Balaban J connectivity index is 1.72. The molecule has 0 aliphatic carbocycles. The molecule has 2 fully saturated rings. The van der Waals surface area contributed by atoms with Gasteiger partial charge in [-0.05, 0) is 99.7 Å². The molecule has 5 rings (SSSR count). The lowest BCUT2D eigenvalue weighted by Crippen LogP contribution is -2.32. The van der Waals surface area contributed by atoms with Crippen molar-refractivity contribution >= 4 is 23.8 Å². The van der Waals surface area contributed by atoms with Crippen LogP contribution in [0.5, 0.6) is 11.5 Å². The Labute approximate surface area is 274 Å². The zero-order valence-electron chi connectivity index (χ0n) is 29.0. The molecule has 0 radical (unpaired) electrons. The third-order valence-electron chi connectivity index (χ3n) is 8.91. The Morgan fingerprint density at radius 2 is 1.09 bits per heavy atom. The standard InChI is InChI=1S/C40H55O4P/c1-28-22-33(39(3,4)5)37(43-26-30-16-12-14-20-41-30)35(24-28)45(32-18-10-9-11-19-32)36-25-29(2)23-34(40(6,7)8)38(36)44-27-31-17-13-15-21-42-31/h9-11,18-19,22-25,30-31H,12-17,20-21,26-27H2,1-8H3. The summed E-state index contributed by atoms with van der Waals surface area (Å²) in [7, 11) is -1.04. The molecule has 3 aromatic carbocycles. The van der Waals surface area contributed by atoms with Gasteiger partial charge in [-0.15, -0.1) is 0 Å². The van der Waals surface area contributed by atoms with Crippen molar-refractivity contribution in [1.82, 2.24) is 0 Å². The zero-order chi connectivity index (χ0) is 32.2. The molecule has 0 N–H and O–H groups in total. The van der Waals surface area contributed by atoms with Gasteiger partial charge < -0.3 is 18.9 Å². The average molecular weight is 631 g/mol. The molecule has 5 heteroatoms. The molecule has 2 atom stereocenters. The SMILES string of the molecule is Cc1cc(P(c2ccccc2)c2cc(C)cc(C(C)(C)C)c2OCC2CCCCO2)c(OCC2CCCCO2)c(C(C)(C)C)c1. The van der Waals surface area contributed by atoms with Gasteiger partial charge >= 0.3 is 0 Å². The second-order valence-corrected chi connectivity index (χ2v) is 17.2. The molecule has 2 unspecified atom stereocenters. The van der Waals surface area contributed by atoms with Crippen LogP contribution in [0.3, 0.4) is 0 Å². The Morgan fingerprint density at radius 1 is 0.644 bits per heavy atom. The lowest BCUT2D eigenvalue weighted by molar-refractivity contribution is -0.0111. The second kappa shape index (κ2) is 14.6. The fourth-order valence-corrected chi connectivity index (χ4v) is 9.20. The average Bonchev–Trinajstić information content (AvgIpc) is 3.00. The lowest BCUT2D eigenvalue weighted by Gasteiger charge is -2.33. The first kappa shape index (κ1) is 34.0. The minimum Gasteiger partial charge on any atom is -0.490 e. The van der Waals surface area contributed by atoms with E-state index < -0.39 is 7.92 Å². The summed E-state index contributed by atoms with van der Waals surface area (Å²) in [5.74, 6) is 2.02. The van der Waals surface area contributed by atoms with Gasteiger partial charge in [-0.25, -0.2) is 0 Å². The van der Waals surface area contributed by atoms with Crippen molar-refractivity contribution in [2.75, 3.05) is 26.4 Å². The van der Waals surface area contributed by atoms with E-state index in [1.165, 1.54) is 51.0 Å². The predicted octanol–water partition coefficient (Wildman–Crippen LogP) is 8.55. The van der Waals surface area contributed by atoms with Gasteiger partial charge in [0.05, 0.1) is 12.2 Å². The van der Waals surface area contributed by atoms with Crippen molar-refractivity contribution in [1.29, 1.82) is 0 Å². The van der Waals surface area contributed by atoms with Crippen LogP contribution in [0.15, 0.2) is 54.6 Å². The zero-order valence-corrected chi connectivity index (χ0v) is 29.9. The van der Waals surface area contributed by atoms with Crippen LogP contribution in [0.4, 0.5) is 0 Å². The van der Waals surface area contributed by atoms with Gasteiger partial charge in [-0.1, -0.05) is 84.0 Å². The Bertz CT molecular complexity index is 1320. The van der Waals surface area contributed by atoms with E-state index in [0.29, 0.717) is 13.2 Å². The minimum atomic E-state index is -1.04. The molecule has 0 spiro atoms. The van der Waals surface area contributed by atoms with Crippen LogP contribution in [0.1, 0.15) is 102 Å². The third kappa shape index (κ3) is 8.51. The number of aryl methyl sites for hydroxylation is 2. The van der Waals surface area contributed by atoms with E-state index in [2.05, 4.69) is 110 Å². The molecule has 0 amide bonds. The largest absolute Gasteiger partial charge is 0.490 e. The monoisotopic (exact) mass is 630 g/mol. The highest BCUT2D eigenvalue weighted by Crippen LogP contribution is 2.46. The van der Waals surface area contributed by atoms with E-state index in [0.717, 1.165) is 50.4 Å². The summed E-state index contributed by atoms with van der Waals surface area (Å²) in [6.07, 6.45) is 7.02. The van der Waals surface area contributed by atoms with Crippen LogP contribution < -0.4 is 25.4 Å². The third-order valence-corrected chi connectivity index (χ3v) is 11.4. The molecule has 244 valence electrons. The first-order chi connectivity index (χ1) is 21.4. The Hall–Kier alpha value is -2.39. The van der Waals surface area contributed by atoms with Crippen molar-refractivity contribution in [3.05, 3.63) is 76.9 Å². The quantitative estimate of drug-likeness (QED) is 0.222. The van der Waals surface area contributed by atoms with Crippen molar-refractivity contribution in [2.45, 2.75) is 117 Å². The highest BCUT2D eigenvalue weighted by Gasteiger charge is 2.33. The molecule has 0 saturated carbocycles. The summed E-state index contributed by atoms with van der Waals surface area (Å²) < 4.78 is 26.2. The fraction of sp³-hybridized carbons (Fsp3) is 0.550. The summed E-state index contributed by atoms with van der Waals surface area (Å²) in [4.78, 5) is 0. The van der Waals surface area contributed by atoms with E-state index in [-0.39, 0.29) is 23.0 Å². The number of rotatable bonds is 9. The number of benzene rings is 3. The summed E-state index contributed by atoms with van der Waals surface area (Å²) in [5, 5.41) is 3.79. The maximum Gasteiger partial charge on any atom is 0.131 e. The number of hydrogen-bond acceptors (Lipinski definition) is 4. The molecule has 2 heterocycles. The molecule has 4 nitrogen and oxygen atoms in total. The molecule has 3 aromatic rings. The Morgan fingerprint density at radius 3 is 1.47 bits per heavy atom. The van der Waals surface area contributed by atoms with Crippen LogP contribution in [-0.4, -0.2) is 38.6 Å². The molecule has 2 aliphatic heterocycles. The van der Waals surface area contributed by atoms with Crippen molar-refractivity contribution in [2.24, 2.45) is 0 Å². The van der Waals surface area contributed by atoms with E-state index in [4.69, 9.17) is 18.9 Å². The number of hydrogen-bond donors (Lipinski definition) is 0. The Kier molecular flexibility index (Phi) is 11.0. The van der Waals surface area contributed by atoms with Gasteiger partial charge in [0.2, 0.25) is 0 Å². The van der Waals surface area contributed by atoms with Gasteiger partial charge in [0.1, 0.15) is 24.7 Å². The van der Waals surface area contributed by atoms with Gasteiger partial charge in [-0.2, -0.15) is 0 Å². The summed E-state index contributed by atoms with van der Waals surface area (Å²) in [6, 6.07) is 20.4. The molecule has 2 aliphatic rings. The van der Waals surface area contributed by atoms with Crippen molar-refractivity contribution in [3.8, 4) is 11.5 Å². The van der Waals surface area contributed by atoms with Crippen LogP contribution in [0.25, 0.3) is 0 Å². The molecular formula is C40H55O4P. The van der Waals surface area contributed by atoms with E-state index in [9.17, 15) is 0 Å². The molecular weight excluding hydrogens is 575 g/mol. The summed E-state index contributed by atoms with van der Waals surface area (Å²) in [6.45, 7) is 21.0. The normalized spacial score (nSPS) is 20.1. The highest BCUT2D eigenvalue weighted by atomic mass is 31.1. The molecule has 45 heavy (non-hydrogen) atoms.